The van der Waals surface area contributed by atoms with Crippen molar-refractivity contribution < 1.29 is 14.3 Å². The molecule has 0 N–H and O–H groups in total. The second-order valence-corrected chi connectivity index (χ2v) is 3.06. The van der Waals surface area contributed by atoms with Crippen LogP contribution in [0.5, 0.6) is 0 Å². The van der Waals surface area contributed by atoms with E-state index >= 15 is 0 Å². The molecule has 0 aromatic carbocycles. The van der Waals surface area contributed by atoms with Crippen molar-refractivity contribution in [3.8, 4) is 12.3 Å². The summed E-state index contributed by atoms with van der Waals surface area (Å²) in [6.07, 6.45) is 8.65. The first-order valence-corrected chi connectivity index (χ1v) is 4.84. The molecule has 0 amide bonds. The lowest BCUT2D eigenvalue weighted by Crippen LogP contribution is -2.30. The molecule has 0 aliphatic carbocycles. The largest absolute Gasteiger partial charge is 0.465 e. The average molecular weight is 208 g/mol. The number of ketones is 1. The van der Waals surface area contributed by atoms with E-state index in [1.807, 2.05) is 0 Å². The zero-order valence-electron chi connectivity index (χ0n) is 9.32. The Hall–Kier alpha value is -1.56. The van der Waals surface area contributed by atoms with E-state index in [1.54, 1.807) is 26.0 Å². The molecule has 0 fully saturated rings. The lowest BCUT2D eigenvalue weighted by Gasteiger charge is -2.15. The molecule has 0 aromatic rings. The summed E-state index contributed by atoms with van der Waals surface area (Å²) in [6, 6.07) is 0. The van der Waals surface area contributed by atoms with Crippen LogP contribution in [0.25, 0.3) is 0 Å². The third kappa shape index (κ3) is 3.99. The van der Waals surface area contributed by atoms with E-state index in [-0.39, 0.29) is 12.4 Å². The minimum absolute atomic E-state index is 0.246. The molecule has 0 aliphatic rings. The van der Waals surface area contributed by atoms with Gasteiger partial charge in [-0.2, -0.15) is 0 Å². The molecule has 0 saturated heterocycles. The molecule has 0 aliphatic heterocycles. The lowest BCUT2D eigenvalue weighted by molar-refractivity contribution is -0.151. The molecule has 3 heteroatoms. The van der Waals surface area contributed by atoms with Crippen LogP contribution in [0.1, 0.15) is 20.8 Å². The second kappa shape index (κ2) is 6.83. The van der Waals surface area contributed by atoms with Crippen LogP contribution < -0.4 is 0 Å². The summed E-state index contributed by atoms with van der Waals surface area (Å²) < 4.78 is 4.81. The van der Waals surface area contributed by atoms with Gasteiger partial charge in [0.05, 0.1) is 12.5 Å². The van der Waals surface area contributed by atoms with Crippen LogP contribution >= 0.6 is 0 Å². The van der Waals surface area contributed by atoms with E-state index < -0.39 is 17.8 Å². The zero-order valence-corrected chi connectivity index (χ0v) is 9.32. The van der Waals surface area contributed by atoms with Crippen molar-refractivity contribution in [1.82, 2.24) is 0 Å². The van der Waals surface area contributed by atoms with Crippen LogP contribution in [0.15, 0.2) is 12.2 Å². The molecule has 0 heterocycles. The summed E-state index contributed by atoms with van der Waals surface area (Å²) >= 11 is 0. The molecule has 0 spiro atoms. The summed E-state index contributed by atoms with van der Waals surface area (Å²) in [7, 11) is 0. The van der Waals surface area contributed by atoms with E-state index in [0.29, 0.717) is 0 Å². The molecule has 2 unspecified atom stereocenters. The molecular formula is C12H16O3. The van der Waals surface area contributed by atoms with Crippen LogP contribution in [0, 0.1) is 24.2 Å². The summed E-state index contributed by atoms with van der Waals surface area (Å²) in [4.78, 5) is 22.8. The maximum absolute atomic E-state index is 11.5. The Kier molecular flexibility index (Phi) is 6.12. The summed E-state index contributed by atoms with van der Waals surface area (Å²) in [5.41, 5.74) is 0. The van der Waals surface area contributed by atoms with Crippen molar-refractivity contribution in [2.24, 2.45) is 11.8 Å². The van der Waals surface area contributed by atoms with Gasteiger partial charge in [0, 0.05) is 0 Å². The molecule has 2 atom stereocenters. The van der Waals surface area contributed by atoms with E-state index in [0.717, 1.165) is 0 Å². The molecule has 0 radical (unpaired) electrons. The quantitative estimate of drug-likeness (QED) is 0.298. The van der Waals surface area contributed by atoms with Crippen LogP contribution in [-0.4, -0.2) is 18.4 Å². The maximum Gasteiger partial charge on any atom is 0.318 e. The molecule has 3 nitrogen and oxygen atoms in total. The van der Waals surface area contributed by atoms with E-state index in [1.165, 1.54) is 6.92 Å². The number of esters is 1. The highest BCUT2D eigenvalue weighted by Gasteiger charge is 2.30. The average Bonchev–Trinajstić information content (AvgIpc) is 2.16. The molecule has 0 saturated carbocycles. The number of hydrogen-bond acceptors (Lipinski definition) is 3. The second-order valence-electron chi connectivity index (χ2n) is 3.06. The molecule has 0 rings (SSSR count). The molecular weight excluding hydrogens is 192 g/mol. The maximum atomic E-state index is 11.5. The number of Topliss-reactive ketones (excluding diaryl/α,β-unsaturated/α-hetero) is 1. The Balaban J connectivity index is 4.87. The number of hydrogen-bond donors (Lipinski definition) is 0. The Morgan fingerprint density at radius 3 is 2.47 bits per heavy atom. The number of ether oxygens (including phenoxy) is 1. The SMILES string of the molecule is C#CC(C=CC)C(C(C)=O)C(=O)OCC. The zero-order chi connectivity index (χ0) is 11.8. The van der Waals surface area contributed by atoms with Gasteiger partial charge in [0.1, 0.15) is 11.7 Å². The predicted octanol–water partition coefficient (Wildman–Crippen LogP) is 1.58. The fraction of sp³-hybridized carbons (Fsp3) is 0.500. The van der Waals surface area contributed by atoms with Gasteiger partial charge in [-0.25, -0.2) is 0 Å². The monoisotopic (exact) mass is 208 g/mol. The van der Waals surface area contributed by atoms with Gasteiger partial charge in [-0.1, -0.05) is 18.1 Å². The number of terminal acetylenes is 1. The van der Waals surface area contributed by atoms with Gasteiger partial charge in [0.2, 0.25) is 0 Å². The van der Waals surface area contributed by atoms with Crippen LogP contribution in [0.3, 0.4) is 0 Å². The van der Waals surface area contributed by atoms with Gasteiger partial charge in [0.25, 0.3) is 0 Å². The molecule has 0 bridgehead atoms. The third-order valence-corrected chi connectivity index (χ3v) is 1.93. The predicted molar refractivity (Wildman–Crippen MR) is 57.9 cm³/mol. The van der Waals surface area contributed by atoms with Crippen molar-refractivity contribution in [2.75, 3.05) is 6.61 Å². The number of allylic oxidation sites excluding steroid dienone is 2. The van der Waals surface area contributed by atoms with Crippen molar-refractivity contribution in [3.05, 3.63) is 12.2 Å². The number of carbonyl (C=O) groups excluding carboxylic acids is 2. The first kappa shape index (κ1) is 13.4. The molecule has 0 aromatic heterocycles. The van der Waals surface area contributed by atoms with Gasteiger partial charge in [0.15, 0.2) is 0 Å². The van der Waals surface area contributed by atoms with E-state index in [4.69, 9.17) is 11.2 Å². The lowest BCUT2D eigenvalue weighted by atomic mass is 9.89. The first-order chi connectivity index (χ1) is 7.08. The topological polar surface area (TPSA) is 43.4 Å². The third-order valence-electron chi connectivity index (χ3n) is 1.93. The fourth-order valence-electron chi connectivity index (χ4n) is 1.27. The van der Waals surface area contributed by atoms with Gasteiger partial charge in [-0.3, -0.25) is 9.59 Å². The van der Waals surface area contributed by atoms with Gasteiger partial charge in [-0.15, -0.1) is 6.42 Å². The standard InChI is InChI=1S/C12H16O3/c1-5-8-10(6-2)11(9(4)13)12(14)15-7-3/h2,5,8,10-11H,7H2,1,3-4H3. The van der Waals surface area contributed by atoms with E-state index in [2.05, 4.69) is 5.92 Å². The fourth-order valence-corrected chi connectivity index (χ4v) is 1.27. The van der Waals surface area contributed by atoms with Crippen molar-refractivity contribution in [2.45, 2.75) is 20.8 Å². The highest BCUT2D eigenvalue weighted by atomic mass is 16.5. The highest BCUT2D eigenvalue weighted by Crippen LogP contribution is 2.16. The van der Waals surface area contributed by atoms with E-state index in [9.17, 15) is 9.59 Å². The summed E-state index contributed by atoms with van der Waals surface area (Å²) in [6.45, 7) is 5.06. The van der Waals surface area contributed by atoms with Crippen LogP contribution in [-0.2, 0) is 14.3 Å². The molecule has 82 valence electrons. The smallest absolute Gasteiger partial charge is 0.318 e. The number of carbonyl (C=O) groups is 2. The normalized spacial score (nSPS) is 14.3. The van der Waals surface area contributed by atoms with Gasteiger partial charge < -0.3 is 4.74 Å². The van der Waals surface area contributed by atoms with Crippen molar-refractivity contribution in [3.63, 3.8) is 0 Å². The number of rotatable bonds is 5. The van der Waals surface area contributed by atoms with Crippen LogP contribution in [0.4, 0.5) is 0 Å². The van der Waals surface area contributed by atoms with Crippen molar-refractivity contribution in [1.29, 1.82) is 0 Å². The minimum Gasteiger partial charge on any atom is -0.465 e. The Labute approximate surface area is 90.5 Å². The molecule has 15 heavy (non-hydrogen) atoms. The summed E-state index contributed by atoms with van der Waals surface area (Å²) in [5, 5.41) is 0. The minimum atomic E-state index is -0.883. The summed E-state index contributed by atoms with van der Waals surface area (Å²) in [5.74, 6) is 0.191. The Morgan fingerprint density at radius 2 is 2.13 bits per heavy atom. The Morgan fingerprint density at radius 1 is 1.53 bits per heavy atom. The van der Waals surface area contributed by atoms with Crippen LogP contribution in [0.2, 0.25) is 0 Å². The highest BCUT2D eigenvalue weighted by molar-refractivity contribution is 5.98. The van der Waals surface area contributed by atoms with Crippen molar-refractivity contribution >= 4 is 11.8 Å². The first-order valence-electron chi connectivity index (χ1n) is 4.84. The van der Waals surface area contributed by atoms with Gasteiger partial charge >= 0.3 is 5.97 Å². The Bertz CT molecular complexity index is 296. The van der Waals surface area contributed by atoms with Gasteiger partial charge in [-0.05, 0) is 20.8 Å².